The molecule has 2 rings (SSSR count). The zero-order valence-corrected chi connectivity index (χ0v) is 17.3. The number of nitrogens with zero attached hydrogens (tertiary/aromatic N) is 1. The van der Waals surface area contributed by atoms with Crippen LogP contribution in [0, 0.1) is 17.3 Å². The van der Waals surface area contributed by atoms with Gasteiger partial charge >= 0.3 is 5.97 Å². The van der Waals surface area contributed by atoms with Crippen molar-refractivity contribution >= 4 is 28.6 Å². The lowest BCUT2D eigenvalue weighted by Crippen LogP contribution is -2.52. The van der Waals surface area contributed by atoms with Crippen LogP contribution in [0.5, 0.6) is 0 Å². The summed E-state index contributed by atoms with van der Waals surface area (Å²) in [5.41, 5.74) is 0.519. The number of carbonyl (C=O) groups is 2. The molecule has 1 aliphatic heterocycles. The van der Waals surface area contributed by atoms with E-state index in [1.165, 1.54) is 11.8 Å². The van der Waals surface area contributed by atoms with Gasteiger partial charge in [-0.05, 0) is 24.8 Å². The topological polar surface area (TPSA) is 76.0 Å². The Hall–Kier alpha value is -1.66. The van der Waals surface area contributed by atoms with Gasteiger partial charge in [-0.15, -0.1) is 0 Å². The third kappa shape index (κ3) is 4.11. The first-order valence-corrected chi connectivity index (χ1v) is 10.4. The molecule has 1 aromatic rings. The van der Waals surface area contributed by atoms with Crippen LogP contribution >= 0.6 is 11.8 Å². The van der Waals surface area contributed by atoms with Gasteiger partial charge in [-0.3, -0.25) is 14.6 Å². The van der Waals surface area contributed by atoms with Gasteiger partial charge in [0.05, 0.1) is 24.0 Å². The number of hydrogen-bond donors (Lipinski definition) is 1. The molecule has 6 heteroatoms. The fourth-order valence-electron chi connectivity index (χ4n) is 4.33. The van der Waals surface area contributed by atoms with Crippen LogP contribution in [0.3, 0.4) is 0 Å². The van der Waals surface area contributed by atoms with Crippen molar-refractivity contribution in [3.05, 3.63) is 35.9 Å². The van der Waals surface area contributed by atoms with Crippen LogP contribution in [0.1, 0.15) is 45.2 Å². The van der Waals surface area contributed by atoms with E-state index in [9.17, 15) is 14.7 Å². The normalized spacial score (nSPS) is 27.9. The van der Waals surface area contributed by atoms with Crippen LogP contribution in [0.2, 0.25) is 0 Å². The Kier molecular flexibility index (Phi) is 7.62. The maximum absolute atomic E-state index is 13.0. The van der Waals surface area contributed by atoms with Gasteiger partial charge < -0.3 is 9.84 Å². The van der Waals surface area contributed by atoms with Gasteiger partial charge in [-0.2, -0.15) is 0 Å². The van der Waals surface area contributed by atoms with Gasteiger partial charge in [-0.1, -0.05) is 62.4 Å². The van der Waals surface area contributed by atoms with Crippen molar-refractivity contribution in [3.63, 3.8) is 0 Å². The lowest BCUT2D eigenvalue weighted by atomic mass is 9.59. The molecular formula is C21H29NO4S. The van der Waals surface area contributed by atoms with Gasteiger partial charge in [0, 0.05) is 18.6 Å². The molecule has 0 saturated heterocycles. The summed E-state index contributed by atoms with van der Waals surface area (Å²) < 4.78 is 5.04. The Morgan fingerprint density at radius 1 is 1.26 bits per heavy atom. The highest BCUT2D eigenvalue weighted by Crippen LogP contribution is 2.54. The van der Waals surface area contributed by atoms with Crippen LogP contribution in [-0.4, -0.2) is 41.4 Å². The Balaban J connectivity index is 2.54. The van der Waals surface area contributed by atoms with Crippen molar-refractivity contribution in [1.82, 2.24) is 0 Å². The van der Waals surface area contributed by atoms with Crippen LogP contribution in [0.15, 0.2) is 35.3 Å². The van der Waals surface area contributed by atoms with Crippen LogP contribution < -0.4 is 0 Å². The zero-order chi connectivity index (χ0) is 20.0. The molecule has 0 amide bonds. The number of carbonyl (C=O) groups excluding carboxylic acids is 1. The maximum atomic E-state index is 13.0. The van der Waals surface area contributed by atoms with Crippen molar-refractivity contribution < 1.29 is 19.4 Å². The Morgan fingerprint density at radius 3 is 2.44 bits per heavy atom. The van der Waals surface area contributed by atoms with E-state index in [0.29, 0.717) is 25.2 Å². The van der Waals surface area contributed by atoms with Crippen molar-refractivity contribution in [1.29, 1.82) is 0 Å². The molecule has 0 aromatic heterocycles. The molecule has 0 saturated carbocycles. The lowest BCUT2D eigenvalue weighted by Gasteiger charge is -2.47. The standard InChI is InChI=1S/C21H29NO4S/c1-5-16-17(19(23)27-13-12-26-4)14(3)22-18(15-10-8-7-9-11-15)21(16,6-2)20(24)25/h7-11,16-18H,5-6,12-13H2,1-4H3,(H,24,25). The summed E-state index contributed by atoms with van der Waals surface area (Å²) in [5, 5.41) is 10.3. The fourth-order valence-corrected chi connectivity index (χ4v) is 5.30. The number of aliphatic carboxylic acids is 1. The molecule has 4 atom stereocenters. The van der Waals surface area contributed by atoms with E-state index >= 15 is 0 Å². The summed E-state index contributed by atoms with van der Waals surface area (Å²) in [5.74, 6) is -1.09. The average molecular weight is 392 g/mol. The molecular weight excluding hydrogens is 362 g/mol. The highest BCUT2D eigenvalue weighted by atomic mass is 32.2. The van der Waals surface area contributed by atoms with Crippen molar-refractivity contribution in [2.24, 2.45) is 22.2 Å². The van der Waals surface area contributed by atoms with E-state index in [1.54, 1.807) is 7.11 Å². The Labute approximate surface area is 165 Å². The maximum Gasteiger partial charge on any atom is 0.312 e. The second kappa shape index (κ2) is 9.51. The van der Waals surface area contributed by atoms with Gasteiger partial charge in [0.25, 0.3) is 0 Å². The minimum atomic E-state index is -1.10. The molecule has 4 unspecified atom stereocenters. The third-order valence-corrected chi connectivity index (χ3v) is 6.57. The van der Waals surface area contributed by atoms with Gasteiger partial charge in [0.15, 0.2) is 5.12 Å². The number of thioether (sulfide) groups is 1. The first kappa shape index (κ1) is 21.6. The van der Waals surface area contributed by atoms with Gasteiger partial charge in [0.1, 0.15) is 0 Å². The van der Waals surface area contributed by atoms with E-state index < -0.39 is 23.3 Å². The minimum Gasteiger partial charge on any atom is -0.481 e. The van der Waals surface area contributed by atoms with Gasteiger partial charge in [0.2, 0.25) is 0 Å². The highest BCUT2D eigenvalue weighted by Gasteiger charge is 2.57. The van der Waals surface area contributed by atoms with E-state index in [4.69, 9.17) is 9.73 Å². The number of aliphatic imine (C=N–C) groups is 1. The molecule has 5 nitrogen and oxygen atoms in total. The van der Waals surface area contributed by atoms with Gasteiger partial charge in [-0.25, -0.2) is 0 Å². The average Bonchev–Trinajstić information content (AvgIpc) is 2.67. The first-order valence-electron chi connectivity index (χ1n) is 9.42. The molecule has 1 N–H and O–H groups in total. The molecule has 0 fully saturated rings. The molecule has 1 aliphatic rings. The number of benzene rings is 1. The molecule has 0 aliphatic carbocycles. The number of carboxylic acid groups (broad SMARTS) is 1. The highest BCUT2D eigenvalue weighted by molar-refractivity contribution is 8.13. The minimum absolute atomic E-state index is 0.00858. The summed E-state index contributed by atoms with van der Waals surface area (Å²) in [4.78, 5) is 30.3. The molecule has 0 spiro atoms. The third-order valence-electron chi connectivity index (χ3n) is 5.66. The number of carboxylic acids is 1. The predicted octanol–water partition coefficient (Wildman–Crippen LogP) is 4.23. The van der Waals surface area contributed by atoms with Crippen LogP contribution in [0.25, 0.3) is 0 Å². The molecule has 0 bridgehead atoms. The quantitative estimate of drug-likeness (QED) is 0.671. The monoisotopic (exact) mass is 391 g/mol. The number of hydrogen-bond acceptors (Lipinski definition) is 5. The smallest absolute Gasteiger partial charge is 0.312 e. The summed E-state index contributed by atoms with van der Waals surface area (Å²) in [7, 11) is 1.60. The van der Waals surface area contributed by atoms with E-state index in [0.717, 1.165) is 11.3 Å². The first-order chi connectivity index (χ1) is 12.9. The number of rotatable bonds is 8. The lowest BCUT2D eigenvalue weighted by molar-refractivity contribution is -0.157. The second-order valence-corrected chi connectivity index (χ2v) is 8.03. The molecule has 1 heterocycles. The molecule has 0 radical (unpaired) electrons. The molecule has 148 valence electrons. The Bertz CT molecular complexity index is 691. The van der Waals surface area contributed by atoms with Crippen molar-refractivity contribution in [3.8, 4) is 0 Å². The number of methoxy groups -OCH3 is 1. The molecule has 1 aromatic carbocycles. The summed E-state index contributed by atoms with van der Waals surface area (Å²) in [6.07, 6.45) is 1.03. The summed E-state index contributed by atoms with van der Waals surface area (Å²) in [6.45, 7) is 6.21. The van der Waals surface area contributed by atoms with Crippen molar-refractivity contribution in [2.75, 3.05) is 19.5 Å². The Morgan fingerprint density at radius 2 is 1.93 bits per heavy atom. The van der Waals surface area contributed by atoms with Crippen molar-refractivity contribution in [2.45, 2.75) is 39.7 Å². The number of ether oxygens (including phenoxy) is 1. The second-order valence-electron chi connectivity index (χ2n) is 6.94. The fraction of sp³-hybridized carbons (Fsp3) is 0.571. The van der Waals surface area contributed by atoms with Crippen LogP contribution in [0.4, 0.5) is 0 Å². The SMILES string of the molecule is CCC1C(C(=O)SCCOC)C(C)=NC(c2ccccc2)C1(CC)C(=O)O. The van der Waals surface area contributed by atoms with E-state index in [2.05, 4.69) is 0 Å². The predicted molar refractivity (Wildman–Crippen MR) is 109 cm³/mol. The summed E-state index contributed by atoms with van der Waals surface area (Å²) in [6, 6.07) is 9.09. The molecule has 27 heavy (non-hydrogen) atoms. The largest absolute Gasteiger partial charge is 0.481 e. The zero-order valence-electron chi connectivity index (χ0n) is 16.5. The van der Waals surface area contributed by atoms with E-state index in [-0.39, 0.29) is 11.0 Å². The summed E-state index contributed by atoms with van der Waals surface area (Å²) >= 11 is 1.21. The van der Waals surface area contributed by atoms with E-state index in [1.807, 2.05) is 51.1 Å². The van der Waals surface area contributed by atoms with Crippen LogP contribution in [-0.2, 0) is 14.3 Å².